The highest BCUT2D eigenvalue weighted by molar-refractivity contribution is 6.30. The molecule has 0 spiro atoms. The van der Waals surface area contributed by atoms with Crippen LogP contribution in [0.25, 0.3) is 0 Å². The topological polar surface area (TPSA) is 79.5 Å². The van der Waals surface area contributed by atoms with Gasteiger partial charge in [-0.15, -0.1) is 0 Å². The van der Waals surface area contributed by atoms with Gasteiger partial charge in [0.25, 0.3) is 0 Å². The van der Waals surface area contributed by atoms with E-state index in [-0.39, 0.29) is 36.2 Å². The van der Waals surface area contributed by atoms with Crippen molar-refractivity contribution in [2.45, 2.75) is 31.9 Å². The van der Waals surface area contributed by atoms with Gasteiger partial charge in [0.05, 0.1) is 17.3 Å². The zero-order valence-corrected chi connectivity index (χ0v) is 14.8. The van der Waals surface area contributed by atoms with Crippen molar-refractivity contribution in [2.24, 2.45) is 11.8 Å². The van der Waals surface area contributed by atoms with Gasteiger partial charge in [-0.2, -0.15) is 0 Å². The molecule has 3 aliphatic heterocycles. The van der Waals surface area contributed by atoms with Gasteiger partial charge in [-0.05, 0) is 31.5 Å². The van der Waals surface area contributed by atoms with Gasteiger partial charge < -0.3 is 10.1 Å². The first kappa shape index (κ1) is 16.6. The minimum absolute atomic E-state index is 0.0153. The molecule has 0 bridgehead atoms. The van der Waals surface area contributed by atoms with Gasteiger partial charge in [0.2, 0.25) is 5.91 Å². The number of hydrogen-bond donors (Lipinski definition) is 3. The average molecular weight is 362 g/mol. The van der Waals surface area contributed by atoms with Crippen LogP contribution in [-0.4, -0.2) is 24.0 Å². The van der Waals surface area contributed by atoms with Crippen LogP contribution in [0.1, 0.15) is 31.9 Å². The predicted octanol–water partition coefficient (Wildman–Crippen LogP) is 1.83. The van der Waals surface area contributed by atoms with Crippen LogP contribution in [-0.2, 0) is 14.3 Å². The summed E-state index contributed by atoms with van der Waals surface area (Å²) in [5.41, 5.74) is 7.94. The standard InChI is InChI=1S/C18H20ClN3O3/c1-18(2)16-14(17(24)25-18)11(7-13(23)21-16)12-8-20-22-15(12)9-3-5-10(19)6-4-9/h3-6,11-12,15,20,22H,7-8H2,1-2H3,(H,21,23). The number of cyclic esters (lactones) is 1. The summed E-state index contributed by atoms with van der Waals surface area (Å²) in [4.78, 5) is 24.8. The van der Waals surface area contributed by atoms with Gasteiger partial charge in [0.1, 0.15) is 5.60 Å². The molecule has 0 radical (unpaired) electrons. The average Bonchev–Trinajstić information content (AvgIpc) is 3.11. The van der Waals surface area contributed by atoms with E-state index in [1.807, 2.05) is 24.3 Å². The van der Waals surface area contributed by atoms with E-state index in [1.165, 1.54) is 0 Å². The fourth-order valence-electron chi connectivity index (χ4n) is 4.06. The van der Waals surface area contributed by atoms with E-state index in [0.29, 0.717) is 22.8 Å². The van der Waals surface area contributed by atoms with Gasteiger partial charge >= 0.3 is 5.97 Å². The fourth-order valence-corrected chi connectivity index (χ4v) is 4.19. The third-order valence-electron chi connectivity index (χ3n) is 5.25. The Balaban J connectivity index is 1.72. The van der Waals surface area contributed by atoms with Gasteiger partial charge in [0, 0.05) is 29.8 Å². The van der Waals surface area contributed by atoms with Crippen molar-refractivity contribution in [1.82, 2.24) is 16.2 Å². The summed E-state index contributed by atoms with van der Waals surface area (Å²) >= 11 is 5.99. The van der Waals surface area contributed by atoms with Crippen LogP contribution in [0, 0.1) is 11.8 Å². The van der Waals surface area contributed by atoms with E-state index in [1.54, 1.807) is 13.8 Å². The Bertz CT molecular complexity index is 772. The van der Waals surface area contributed by atoms with Crippen LogP contribution in [0.5, 0.6) is 0 Å². The summed E-state index contributed by atoms with van der Waals surface area (Å²) in [6.45, 7) is 4.27. The Kier molecular flexibility index (Phi) is 3.86. The highest BCUT2D eigenvalue weighted by Crippen LogP contribution is 2.44. The lowest BCUT2D eigenvalue weighted by Gasteiger charge is -2.32. The SMILES string of the molecule is CC1(C)OC(=O)C2=C1NC(=O)CC2C1CNNC1c1ccc(Cl)cc1. The molecule has 3 atom stereocenters. The molecule has 3 aliphatic rings. The second-order valence-corrected chi connectivity index (χ2v) is 7.70. The summed E-state index contributed by atoms with van der Waals surface area (Å²) in [6.07, 6.45) is 0.280. The number of halogens is 1. The molecule has 1 fully saturated rings. The number of hydrogen-bond acceptors (Lipinski definition) is 5. The highest BCUT2D eigenvalue weighted by atomic mass is 35.5. The number of rotatable bonds is 2. The molecule has 132 valence electrons. The molecule has 1 saturated heterocycles. The smallest absolute Gasteiger partial charge is 0.337 e. The molecule has 4 rings (SSSR count). The van der Waals surface area contributed by atoms with Gasteiger partial charge in [-0.3, -0.25) is 10.2 Å². The maximum absolute atomic E-state index is 12.5. The normalized spacial score (nSPS) is 30.9. The summed E-state index contributed by atoms with van der Waals surface area (Å²) in [5.74, 6) is -0.538. The summed E-state index contributed by atoms with van der Waals surface area (Å²) in [7, 11) is 0. The minimum Gasteiger partial charge on any atom is -0.450 e. The van der Waals surface area contributed by atoms with E-state index >= 15 is 0 Å². The maximum atomic E-state index is 12.5. The number of amides is 1. The number of nitrogens with one attached hydrogen (secondary N) is 3. The monoisotopic (exact) mass is 361 g/mol. The van der Waals surface area contributed by atoms with E-state index in [2.05, 4.69) is 16.2 Å². The molecule has 3 N–H and O–H groups in total. The first-order valence-electron chi connectivity index (χ1n) is 8.38. The molecule has 1 aromatic rings. The molecular formula is C18H20ClN3O3. The van der Waals surface area contributed by atoms with Crippen molar-refractivity contribution in [3.63, 3.8) is 0 Å². The fraction of sp³-hybridized carbons (Fsp3) is 0.444. The van der Waals surface area contributed by atoms with E-state index in [0.717, 1.165) is 5.56 Å². The van der Waals surface area contributed by atoms with E-state index in [4.69, 9.17) is 16.3 Å². The largest absolute Gasteiger partial charge is 0.450 e. The Labute approximate surface area is 150 Å². The molecule has 3 heterocycles. The Hall–Kier alpha value is -1.89. The van der Waals surface area contributed by atoms with Crippen LogP contribution in [0.4, 0.5) is 0 Å². The maximum Gasteiger partial charge on any atom is 0.337 e. The third kappa shape index (κ3) is 2.74. The molecule has 0 saturated carbocycles. The second kappa shape index (κ2) is 5.83. The number of carbonyl (C=O) groups excluding carboxylic acids is 2. The van der Waals surface area contributed by atoms with Crippen molar-refractivity contribution < 1.29 is 14.3 Å². The van der Waals surface area contributed by atoms with Crippen LogP contribution < -0.4 is 16.2 Å². The zero-order chi connectivity index (χ0) is 17.8. The molecule has 0 aromatic heterocycles. The molecule has 1 aromatic carbocycles. The van der Waals surface area contributed by atoms with E-state index < -0.39 is 5.60 Å². The Morgan fingerprint density at radius 2 is 1.92 bits per heavy atom. The number of ether oxygens (including phenoxy) is 1. The van der Waals surface area contributed by atoms with Gasteiger partial charge in [-0.25, -0.2) is 10.2 Å². The van der Waals surface area contributed by atoms with Crippen molar-refractivity contribution >= 4 is 23.5 Å². The lowest BCUT2D eigenvalue weighted by molar-refractivity contribution is -0.145. The Morgan fingerprint density at radius 1 is 1.20 bits per heavy atom. The third-order valence-corrected chi connectivity index (χ3v) is 5.50. The van der Waals surface area contributed by atoms with Crippen molar-refractivity contribution in [2.75, 3.05) is 6.54 Å². The minimum atomic E-state index is -0.796. The van der Waals surface area contributed by atoms with Crippen molar-refractivity contribution in [3.8, 4) is 0 Å². The molecule has 6 nitrogen and oxygen atoms in total. The molecule has 25 heavy (non-hydrogen) atoms. The lowest BCUT2D eigenvalue weighted by Crippen LogP contribution is -2.41. The molecule has 3 unspecified atom stereocenters. The number of hydrazine groups is 1. The summed E-state index contributed by atoms with van der Waals surface area (Å²) in [5, 5.41) is 3.53. The van der Waals surface area contributed by atoms with Crippen molar-refractivity contribution in [1.29, 1.82) is 0 Å². The zero-order valence-electron chi connectivity index (χ0n) is 14.1. The summed E-state index contributed by atoms with van der Waals surface area (Å²) < 4.78 is 5.50. The van der Waals surface area contributed by atoms with Crippen molar-refractivity contribution in [3.05, 3.63) is 46.1 Å². The second-order valence-electron chi connectivity index (χ2n) is 7.27. The summed E-state index contributed by atoms with van der Waals surface area (Å²) in [6, 6.07) is 7.61. The number of benzene rings is 1. The van der Waals surface area contributed by atoms with Gasteiger partial charge in [-0.1, -0.05) is 23.7 Å². The quantitative estimate of drug-likeness (QED) is 0.700. The molecule has 0 aliphatic carbocycles. The van der Waals surface area contributed by atoms with Gasteiger partial charge in [0.15, 0.2) is 0 Å². The Morgan fingerprint density at radius 3 is 2.64 bits per heavy atom. The number of carbonyl (C=O) groups is 2. The number of esters is 1. The molecule has 7 heteroatoms. The van der Waals surface area contributed by atoms with Crippen LogP contribution >= 0.6 is 11.6 Å². The lowest BCUT2D eigenvalue weighted by atomic mass is 9.75. The van der Waals surface area contributed by atoms with Crippen LogP contribution in [0.3, 0.4) is 0 Å². The predicted molar refractivity (Wildman–Crippen MR) is 92.3 cm³/mol. The highest BCUT2D eigenvalue weighted by Gasteiger charge is 2.51. The first-order chi connectivity index (χ1) is 11.9. The van der Waals surface area contributed by atoms with Crippen LogP contribution in [0.15, 0.2) is 35.5 Å². The first-order valence-corrected chi connectivity index (χ1v) is 8.76. The van der Waals surface area contributed by atoms with E-state index in [9.17, 15) is 9.59 Å². The molecule has 1 amide bonds. The molecular weight excluding hydrogens is 342 g/mol. The van der Waals surface area contributed by atoms with Crippen LogP contribution in [0.2, 0.25) is 5.02 Å².